The first-order valence-corrected chi connectivity index (χ1v) is 10.7. The number of nitrogens with zero attached hydrogens (tertiary/aromatic N) is 3. The van der Waals surface area contributed by atoms with E-state index in [4.69, 9.17) is 0 Å². The maximum atomic E-state index is 12.9. The van der Waals surface area contributed by atoms with Gasteiger partial charge in [0.05, 0.1) is 23.3 Å². The second kappa shape index (κ2) is 9.27. The van der Waals surface area contributed by atoms with Crippen molar-refractivity contribution in [2.24, 2.45) is 0 Å². The number of hydrogen-bond donors (Lipinski definition) is 2. The van der Waals surface area contributed by atoms with Crippen LogP contribution in [0.25, 0.3) is 11.0 Å². The number of hydrogen-bond acceptors (Lipinski definition) is 5. The molecule has 30 heavy (non-hydrogen) atoms. The van der Waals surface area contributed by atoms with E-state index in [1.165, 1.54) is 36.0 Å². The molecule has 1 aromatic heterocycles. The first-order chi connectivity index (χ1) is 14.6. The number of carbonyl (C=O) groups excluding carboxylic acids is 2. The normalized spacial score (nSPS) is 14.8. The largest absolute Gasteiger partial charge is 0.339 e. The van der Waals surface area contributed by atoms with Crippen molar-refractivity contribution in [2.75, 3.05) is 43.8 Å². The summed E-state index contributed by atoms with van der Waals surface area (Å²) in [5, 5.41) is 3.49. The van der Waals surface area contributed by atoms with Crippen LogP contribution in [0.2, 0.25) is 0 Å². The van der Waals surface area contributed by atoms with Crippen molar-refractivity contribution in [1.82, 2.24) is 19.8 Å². The van der Waals surface area contributed by atoms with Gasteiger partial charge in [0, 0.05) is 31.9 Å². The number of thioether (sulfide) groups is 1. The molecular weight excluding hydrogens is 405 g/mol. The van der Waals surface area contributed by atoms with Crippen molar-refractivity contribution in [3.8, 4) is 0 Å². The molecule has 0 radical (unpaired) electrons. The molecular formula is C21H22FN5O2S. The van der Waals surface area contributed by atoms with Crippen molar-refractivity contribution in [3.05, 3.63) is 54.3 Å². The van der Waals surface area contributed by atoms with E-state index >= 15 is 0 Å². The van der Waals surface area contributed by atoms with Crippen LogP contribution >= 0.6 is 11.8 Å². The topological polar surface area (TPSA) is 81.3 Å². The summed E-state index contributed by atoms with van der Waals surface area (Å²) in [5.41, 5.74) is 2.41. The van der Waals surface area contributed by atoms with Crippen LogP contribution in [-0.4, -0.2) is 70.1 Å². The predicted molar refractivity (Wildman–Crippen MR) is 115 cm³/mol. The standard InChI is InChI=1S/C21H22FN5O2S/c22-15-5-7-16(8-6-15)23-19(28)13-26-9-11-27(12-10-26)20(29)14-30-21-24-17-3-1-2-4-18(17)25-21/h1-8H,9-14H2,(H,23,28)(H,24,25). The number of rotatable bonds is 6. The van der Waals surface area contributed by atoms with E-state index in [0.29, 0.717) is 37.6 Å². The summed E-state index contributed by atoms with van der Waals surface area (Å²) in [6.07, 6.45) is 0. The highest BCUT2D eigenvalue weighted by atomic mass is 32.2. The number of halogens is 1. The molecule has 1 saturated heterocycles. The molecule has 0 atom stereocenters. The number of para-hydroxylation sites is 2. The Bertz CT molecular complexity index is 998. The second-order valence-corrected chi connectivity index (χ2v) is 8.02. The molecule has 3 aromatic rings. The van der Waals surface area contributed by atoms with Gasteiger partial charge in [0.1, 0.15) is 5.82 Å². The van der Waals surface area contributed by atoms with E-state index in [1.54, 1.807) is 0 Å². The Morgan fingerprint density at radius 1 is 1.07 bits per heavy atom. The summed E-state index contributed by atoms with van der Waals surface area (Å²) in [7, 11) is 0. The fourth-order valence-electron chi connectivity index (χ4n) is 3.31. The van der Waals surface area contributed by atoms with Gasteiger partial charge in [0.15, 0.2) is 5.16 Å². The Morgan fingerprint density at radius 3 is 2.53 bits per heavy atom. The minimum absolute atomic E-state index is 0.0656. The number of aromatic nitrogens is 2. The molecule has 156 valence electrons. The van der Waals surface area contributed by atoms with Gasteiger partial charge in [0.2, 0.25) is 11.8 Å². The lowest BCUT2D eigenvalue weighted by Gasteiger charge is -2.34. The minimum atomic E-state index is -0.340. The zero-order chi connectivity index (χ0) is 20.9. The number of fused-ring (bicyclic) bond motifs is 1. The Labute approximate surface area is 177 Å². The molecule has 1 aliphatic heterocycles. The van der Waals surface area contributed by atoms with Gasteiger partial charge in [0.25, 0.3) is 0 Å². The molecule has 7 nitrogen and oxygen atoms in total. The van der Waals surface area contributed by atoms with Gasteiger partial charge in [-0.1, -0.05) is 23.9 Å². The van der Waals surface area contributed by atoms with Crippen LogP contribution in [-0.2, 0) is 9.59 Å². The van der Waals surface area contributed by atoms with E-state index in [9.17, 15) is 14.0 Å². The maximum Gasteiger partial charge on any atom is 0.238 e. The molecule has 2 amide bonds. The van der Waals surface area contributed by atoms with Crippen LogP contribution in [0.4, 0.5) is 10.1 Å². The number of carbonyl (C=O) groups is 2. The van der Waals surface area contributed by atoms with E-state index in [0.717, 1.165) is 16.2 Å². The molecule has 1 fully saturated rings. The highest BCUT2D eigenvalue weighted by Gasteiger charge is 2.22. The zero-order valence-corrected chi connectivity index (χ0v) is 17.1. The molecule has 4 rings (SSSR count). The van der Waals surface area contributed by atoms with Gasteiger partial charge < -0.3 is 15.2 Å². The van der Waals surface area contributed by atoms with Crippen LogP contribution in [0.15, 0.2) is 53.7 Å². The van der Waals surface area contributed by atoms with Crippen LogP contribution in [0, 0.1) is 5.82 Å². The number of piperazine rings is 1. The third kappa shape index (κ3) is 5.17. The van der Waals surface area contributed by atoms with Crippen molar-refractivity contribution >= 4 is 40.3 Å². The summed E-state index contributed by atoms with van der Waals surface area (Å²) < 4.78 is 12.9. The molecule has 0 spiro atoms. The van der Waals surface area contributed by atoms with Gasteiger partial charge in [-0.15, -0.1) is 0 Å². The fourth-order valence-corrected chi connectivity index (χ4v) is 4.10. The first kappa shape index (κ1) is 20.4. The van der Waals surface area contributed by atoms with Gasteiger partial charge in [-0.25, -0.2) is 9.37 Å². The van der Waals surface area contributed by atoms with Crippen LogP contribution < -0.4 is 5.32 Å². The molecule has 0 unspecified atom stereocenters. The number of benzene rings is 2. The lowest BCUT2D eigenvalue weighted by atomic mass is 10.3. The summed E-state index contributed by atoms with van der Waals surface area (Å²) in [4.78, 5) is 36.2. The number of H-pyrrole nitrogens is 1. The van der Waals surface area contributed by atoms with Crippen LogP contribution in [0.1, 0.15) is 0 Å². The first-order valence-electron chi connectivity index (χ1n) is 9.70. The SMILES string of the molecule is O=C(CN1CCN(C(=O)CSc2nc3ccccc3[nH]2)CC1)Nc1ccc(F)cc1. The van der Waals surface area contributed by atoms with Gasteiger partial charge >= 0.3 is 0 Å². The fraction of sp³-hybridized carbons (Fsp3) is 0.286. The smallest absolute Gasteiger partial charge is 0.238 e. The van der Waals surface area contributed by atoms with Crippen molar-refractivity contribution in [3.63, 3.8) is 0 Å². The predicted octanol–water partition coefficient (Wildman–Crippen LogP) is 2.58. The van der Waals surface area contributed by atoms with Crippen LogP contribution in [0.5, 0.6) is 0 Å². The van der Waals surface area contributed by atoms with Gasteiger partial charge in [-0.05, 0) is 36.4 Å². The summed E-state index contributed by atoms with van der Waals surface area (Å²) in [6, 6.07) is 13.4. The molecule has 2 N–H and O–H groups in total. The van der Waals surface area contributed by atoms with Gasteiger partial charge in [-0.3, -0.25) is 14.5 Å². The molecule has 2 heterocycles. The summed E-state index contributed by atoms with van der Waals surface area (Å²) in [6.45, 7) is 2.69. The quantitative estimate of drug-likeness (QED) is 0.591. The Balaban J connectivity index is 1.20. The lowest BCUT2D eigenvalue weighted by Crippen LogP contribution is -2.50. The average Bonchev–Trinajstić information content (AvgIpc) is 3.17. The second-order valence-electron chi connectivity index (χ2n) is 7.06. The number of aromatic amines is 1. The van der Waals surface area contributed by atoms with Crippen LogP contribution in [0.3, 0.4) is 0 Å². The third-order valence-corrected chi connectivity index (χ3v) is 5.78. The molecule has 0 aliphatic carbocycles. The highest BCUT2D eigenvalue weighted by Crippen LogP contribution is 2.19. The molecule has 9 heteroatoms. The highest BCUT2D eigenvalue weighted by molar-refractivity contribution is 7.99. The molecule has 1 aliphatic rings. The monoisotopic (exact) mass is 427 g/mol. The average molecular weight is 428 g/mol. The van der Waals surface area contributed by atoms with E-state index in [-0.39, 0.29) is 24.2 Å². The van der Waals surface area contributed by atoms with Crippen molar-refractivity contribution in [1.29, 1.82) is 0 Å². The molecule has 0 saturated carbocycles. The lowest BCUT2D eigenvalue weighted by molar-refractivity contribution is -0.130. The van der Waals surface area contributed by atoms with E-state index < -0.39 is 0 Å². The molecule has 0 bridgehead atoms. The summed E-state index contributed by atoms with van der Waals surface area (Å²) >= 11 is 1.40. The van der Waals surface area contributed by atoms with Crippen molar-refractivity contribution < 1.29 is 14.0 Å². The number of amides is 2. The Hall–Kier alpha value is -2.91. The van der Waals surface area contributed by atoms with E-state index in [1.807, 2.05) is 34.1 Å². The number of anilines is 1. The molecule has 2 aromatic carbocycles. The Morgan fingerprint density at radius 2 is 1.80 bits per heavy atom. The van der Waals surface area contributed by atoms with Gasteiger partial charge in [-0.2, -0.15) is 0 Å². The maximum absolute atomic E-state index is 12.9. The van der Waals surface area contributed by atoms with E-state index in [2.05, 4.69) is 15.3 Å². The number of nitrogens with one attached hydrogen (secondary N) is 2. The van der Waals surface area contributed by atoms with Crippen molar-refractivity contribution in [2.45, 2.75) is 5.16 Å². The summed E-state index contributed by atoms with van der Waals surface area (Å²) in [5.74, 6) is -0.102. The number of imidazole rings is 1. The zero-order valence-electron chi connectivity index (χ0n) is 16.3. The third-order valence-electron chi connectivity index (χ3n) is 4.92. The minimum Gasteiger partial charge on any atom is -0.339 e. The Kier molecular flexibility index (Phi) is 6.29.